The second-order valence-electron chi connectivity index (χ2n) is 4.20. The van der Waals surface area contributed by atoms with Gasteiger partial charge in [0.15, 0.2) is 0 Å². The molecule has 7 heteroatoms. The van der Waals surface area contributed by atoms with Crippen molar-refractivity contribution in [3.63, 3.8) is 0 Å². The van der Waals surface area contributed by atoms with Crippen LogP contribution in [0.5, 0.6) is 11.8 Å². The van der Waals surface area contributed by atoms with E-state index >= 15 is 0 Å². The third-order valence-electron chi connectivity index (χ3n) is 2.99. The summed E-state index contributed by atoms with van der Waals surface area (Å²) in [4.78, 5) is 8.66. The normalized spacial score (nSPS) is 12.0. The molecule has 2 aromatic rings. The van der Waals surface area contributed by atoms with Gasteiger partial charge in [-0.1, -0.05) is 17.7 Å². The number of rotatable bonds is 5. The molecule has 1 heterocycles. The molecule has 21 heavy (non-hydrogen) atoms. The second kappa shape index (κ2) is 7.06. The Bertz CT molecular complexity index is 640. The fraction of sp³-hybridized carbons (Fsp3) is 0.286. The molecule has 0 aliphatic carbocycles. The van der Waals surface area contributed by atoms with Crippen LogP contribution >= 0.6 is 27.5 Å². The zero-order chi connectivity index (χ0) is 15.4. The van der Waals surface area contributed by atoms with Crippen molar-refractivity contribution >= 4 is 27.5 Å². The number of nitrogens with one attached hydrogen (secondary N) is 1. The molecule has 0 amide bonds. The van der Waals surface area contributed by atoms with Gasteiger partial charge in [-0.2, -0.15) is 4.98 Å². The summed E-state index contributed by atoms with van der Waals surface area (Å²) in [5, 5.41) is 3.86. The minimum absolute atomic E-state index is 0.174. The minimum atomic E-state index is -0.174. The first kappa shape index (κ1) is 16.0. The largest absolute Gasteiger partial charge is 0.480 e. The first-order valence-electron chi connectivity index (χ1n) is 6.17. The highest BCUT2D eigenvalue weighted by Gasteiger charge is 2.21. The lowest BCUT2D eigenvalue weighted by atomic mass is 10.0. The molecule has 1 aromatic carbocycles. The molecular weight excluding hydrogens is 358 g/mol. The molecule has 5 nitrogen and oxygen atoms in total. The van der Waals surface area contributed by atoms with E-state index in [-0.39, 0.29) is 6.04 Å². The van der Waals surface area contributed by atoms with Gasteiger partial charge in [0, 0.05) is 4.47 Å². The average Bonchev–Trinajstić information content (AvgIpc) is 2.51. The van der Waals surface area contributed by atoms with E-state index in [0.29, 0.717) is 22.5 Å². The van der Waals surface area contributed by atoms with Gasteiger partial charge in [-0.25, -0.2) is 4.98 Å². The standard InChI is InChI=1S/C14H15BrClN3O2/c1-17-12(8-4-5-10(16)9(15)6-8)13-14(21-3)19-11(20-2)7-18-13/h4-7,12,17H,1-3H3. The Balaban J connectivity index is 2.47. The van der Waals surface area contributed by atoms with Crippen LogP contribution in [0.2, 0.25) is 5.02 Å². The van der Waals surface area contributed by atoms with Crippen molar-refractivity contribution in [2.24, 2.45) is 0 Å². The van der Waals surface area contributed by atoms with Crippen LogP contribution in [0, 0.1) is 0 Å². The third kappa shape index (κ3) is 3.45. The predicted molar refractivity (Wildman–Crippen MR) is 85.2 cm³/mol. The molecule has 1 aromatic heterocycles. The average molecular weight is 373 g/mol. The highest BCUT2D eigenvalue weighted by molar-refractivity contribution is 9.10. The summed E-state index contributed by atoms with van der Waals surface area (Å²) in [7, 11) is 4.94. The molecule has 0 radical (unpaired) electrons. The number of methoxy groups -OCH3 is 2. The summed E-state index contributed by atoms with van der Waals surface area (Å²) in [6.07, 6.45) is 1.56. The molecule has 0 aliphatic heterocycles. The van der Waals surface area contributed by atoms with Crippen molar-refractivity contribution in [1.82, 2.24) is 15.3 Å². The van der Waals surface area contributed by atoms with Crippen LogP contribution in [0.15, 0.2) is 28.9 Å². The number of ether oxygens (including phenoxy) is 2. The molecule has 0 saturated heterocycles. The van der Waals surface area contributed by atoms with Crippen LogP contribution < -0.4 is 14.8 Å². The maximum Gasteiger partial charge on any atom is 0.240 e. The van der Waals surface area contributed by atoms with E-state index in [1.54, 1.807) is 13.3 Å². The van der Waals surface area contributed by atoms with Crippen molar-refractivity contribution < 1.29 is 9.47 Å². The lowest BCUT2D eigenvalue weighted by Crippen LogP contribution is -2.20. The van der Waals surface area contributed by atoms with Gasteiger partial charge in [0.05, 0.1) is 31.5 Å². The van der Waals surface area contributed by atoms with E-state index in [1.165, 1.54) is 7.11 Å². The van der Waals surface area contributed by atoms with Crippen LogP contribution in [-0.2, 0) is 0 Å². The lowest BCUT2D eigenvalue weighted by Gasteiger charge is -2.18. The van der Waals surface area contributed by atoms with E-state index in [9.17, 15) is 0 Å². The van der Waals surface area contributed by atoms with Gasteiger partial charge in [-0.05, 0) is 40.7 Å². The summed E-state index contributed by atoms with van der Waals surface area (Å²) >= 11 is 9.46. The summed E-state index contributed by atoms with van der Waals surface area (Å²) in [5.41, 5.74) is 1.67. The summed E-state index contributed by atoms with van der Waals surface area (Å²) in [6, 6.07) is 5.52. The topological polar surface area (TPSA) is 56.3 Å². The fourth-order valence-corrected chi connectivity index (χ4v) is 2.48. The molecule has 1 N–H and O–H groups in total. The van der Waals surface area contributed by atoms with Gasteiger partial charge in [0.2, 0.25) is 11.8 Å². The van der Waals surface area contributed by atoms with E-state index in [4.69, 9.17) is 21.1 Å². The second-order valence-corrected chi connectivity index (χ2v) is 5.46. The number of hydrogen-bond acceptors (Lipinski definition) is 5. The van der Waals surface area contributed by atoms with Crippen LogP contribution in [0.1, 0.15) is 17.3 Å². The molecule has 1 atom stereocenters. The first-order chi connectivity index (χ1) is 10.1. The Kier molecular flexibility index (Phi) is 5.39. The van der Waals surface area contributed by atoms with Crippen molar-refractivity contribution in [2.45, 2.75) is 6.04 Å². The van der Waals surface area contributed by atoms with Gasteiger partial charge in [0.1, 0.15) is 5.69 Å². The maximum absolute atomic E-state index is 6.04. The molecule has 0 saturated carbocycles. The quantitative estimate of drug-likeness (QED) is 0.873. The molecule has 1 unspecified atom stereocenters. The fourth-order valence-electron chi connectivity index (χ4n) is 1.97. The monoisotopic (exact) mass is 371 g/mol. The minimum Gasteiger partial charge on any atom is -0.480 e. The van der Waals surface area contributed by atoms with Gasteiger partial charge in [-0.15, -0.1) is 0 Å². The molecule has 112 valence electrons. The Morgan fingerprint density at radius 1 is 1.29 bits per heavy atom. The predicted octanol–water partition coefficient (Wildman–Crippen LogP) is 3.22. The van der Waals surface area contributed by atoms with Crippen molar-refractivity contribution in [2.75, 3.05) is 21.3 Å². The van der Waals surface area contributed by atoms with Gasteiger partial charge in [0.25, 0.3) is 0 Å². The maximum atomic E-state index is 6.04. The Hall–Kier alpha value is -1.37. The van der Waals surface area contributed by atoms with E-state index in [1.807, 2.05) is 25.2 Å². The Morgan fingerprint density at radius 3 is 2.62 bits per heavy atom. The van der Waals surface area contributed by atoms with Crippen LogP contribution in [0.4, 0.5) is 0 Å². The summed E-state index contributed by atoms with van der Waals surface area (Å²) in [5.74, 6) is 0.822. The van der Waals surface area contributed by atoms with E-state index in [0.717, 1.165) is 10.0 Å². The number of nitrogens with zero attached hydrogens (tertiary/aromatic N) is 2. The third-order valence-corrected chi connectivity index (χ3v) is 4.20. The SMILES string of the molecule is CNC(c1ccc(Cl)c(Br)c1)c1ncc(OC)nc1OC. The molecule has 0 fully saturated rings. The summed E-state index contributed by atoms with van der Waals surface area (Å²) < 4.78 is 11.2. The van der Waals surface area contributed by atoms with E-state index in [2.05, 4.69) is 31.2 Å². The smallest absolute Gasteiger partial charge is 0.240 e. The number of aromatic nitrogens is 2. The van der Waals surface area contributed by atoms with Crippen LogP contribution in [0.3, 0.4) is 0 Å². The Labute approximate surface area is 136 Å². The van der Waals surface area contributed by atoms with Crippen molar-refractivity contribution in [3.05, 3.63) is 45.1 Å². The molecule has 0 bridgehead atoms. The molecule has 0 spiro atoms. The number of halogens is 2. The zero-order valence-corrected chi connectivity index (χ0v) is 14.2. The van der Waals surface area contributed by atoms with Crippen LogP contribution in [-0.4, -0.2) is 31.2 Å². The molecular formula is C14H15BrClN3O2. The summed E-state index contributed by atoms with van der Waals surface area (Å²) in [6.45, 7) is 0. The van der Waals surface area contributed by atoms with E-state index < -0.39 is 0 Å². The number of hydrogen-bond donors (Lipinski definition) is 1. The number of benzene rings is 1. The molecule has 0 aliphatic rings. The highest BCUT2D eigenvalue weighted by atomic mass is 79.9. The first-order valence-corrected chi connectivity index (χ1v) is 7.35. The lowest BCUT2D eigenvalue weighted by molar-refractivity contribution is 0.353. The highest BCUT2D eigenvalue weighted by Crippen LogP contribution is 2.31. The van der Waals surface area contributed by atoms with Gasteiger partial charge >= 0.3 is 0 Å². The van der Waals surface area contributed by atoms with Crippen molar-refractivity contribution in [3.8, 4) is 11.8 Å². The molecule has 2 rings (SSSR count). The van der Waals surface area contributed by atoms with Crippen molar-refractivity contribution in [1.29, 1.82) is 0 Å². The van der Waals surface area contributed by atoms with Gasteiger partial charge < -0.3 is 14.8 Å². The van der Waals surface area contributed by atoms with Gasteiger partial charge in [-0.3, -0.25) is 0 Å². The van der Waals surface area contributed by atoms with Crippen LogP contribution in [0.25, 0.3) is 0 Å². The zero-order valence-electron chi connectivity index (χ0n) is 11.9. The Morgan fingerprint density at radius 2 is 2.05 bits per heavy atom.